The molecular formula is C36H43N3O8. The standard InChI is InChI=1S/C36H43N3O8/c1-21(40)30(34(43)44)38-32(41)29(19-23-13-7-6-8-14-23)37-33(42)31(22(2)47-36(3,4)5)39-35(45)46-20-28-26-17-11-9-15-24(26)25-16-10-12-18-27(25)28/h6-18,21-22,28-31,40H,19-20H2,1-5H3,(H,37,42)(H,38,41)(H,39,45)(H,43,44)/t21-,22-,29+,30+,31+/m1/s1. The van der Waals surface area contributed by atoms with E-state index < -0.39 is 59.8 Å². The van der Waals surface area contributed by atoms with Gasteiger partial charge in [0.2, 0.25) is 11.8 Å². The number of amides is 3. The largest absolute Gasteiger partial charge is 0.480 e. The Kier molecular flexibility index (Phi) is 11.4. The van der Waals surface area contributed by atoms with Gasteiger partial charge in [-0.1, -0.05) is 78.9 Å². The van der Waals surface area contributed by atoms with Gasteiger partial charge in [0.25, 0.3) is 0 Å². The van der Waals surface area contributed by atoms with E-state index in [2.05, 4.69) is 16.0 Å². The van der Waals surface area contributed by atoms with Crippen LogP contribution >= 0.6 is 0 Å². The second-order valence-corrected chi connectivity index (χ2v) is 12.7. The zero-order valence-corrected chi connectivity index (χ0v) is 27.2. The van der Waals surface area contributed by atoms with E-state index >= 15 is 0 Å². The second kappa shape index (κ2) is 15.2. The fourth-order valence-corrected chi connectivity index (χ4v) is 5.75. The number of carbonyl (C=O) groups excluding carboxylic acids is 3. The third-order valence-corrected chi connectivity index (χ3v) is 7.87. The van der Waals surface area contributed by atoms with Crippen molar-refractivity contribution in [3.8, 4) is 11.1 Å². The summed E-state index contributed by atoms with van der Waals surface area (Å²) >= 11 is 0. The highest BCUT2D eigenvalue weighted by Gasteiger charge is 2.36. The molecule has 0 aliphatic heterocycles. The molecule has 0 fully saturated rings. The summed E-state index contributed by atoms with van der Waals surface area (Å²) in [6.07, 6.45) is -3.09. The Labute approximate surface area is 274 Å². The maximum absolute atomic E-state index is 13.8. The third kappa shape index (κ3) is 9.17. The van der Waals surface area contributed by atoms with Crippen LogP contribution in [-0.2, 0) is 30.3 Å². The summed E-state index contributed by atoms with van der Waals surface area (Å²) < 4.78 is 11.7. The van der Waals surface area contributed by atoms with E-state index in [0.717, 1.165) is 22.3 Å². The van der Waals surface area contributed by atoms with Crippen LogP contribution in [0.5, 0.6) is 0 Å². The van der Waals surface area contributed by atoms with Gasteiger partial charge >= 0.3 is 12.1 Å². The van der Waals surface area contributed by atoms with Gasteiger partial charge in [0.05, 0.1) is 17.8 Å². The highest BCUT2D eigenvalue weighted by atomic mass is 16.6. The number of hydrogen-bond donors (Lipinski definition) is 5. The molecule has 0 saturated heterocycles. The van der Waals surface area contributed by atoms with Crippen molar-refractivity contribution in [2.75, 3.05) is 6.61 Å². The molecule has 0 spiro atoms. The zero-order chi connectivity index (χ0) is 34.3. The Bertz CT molecular complexity index is 1520. The third-order valence-electron chi connectivity index (χ3n) is 7.87. The number of aliphatic hydroxyl groups is 1. The lowest BCUT2D eigenvalue weighted by atomic mass is 9.98. The van der Waals surface area contributed by atoms with Gasteiger partial charge in [-0.15, -0.1) is 0 Å². The number of carboxylic acid groups (broad SMARTS) is 1. The summed E-state index contributed by atoms with van der Waals surface area (Å²) in [6, 6.07) is 20.6. The fourth-order valence-electron chi connectivity index (χ4n) is 5.75. The molecule has 11 heteroatoms. The van der Waals surface area contributed by atoms with Crippen molar-refractivity contribution in [1.82, 2.24) is 16.0 Å². The number of benzene rings is 3. The summed E-state index contributed by atoms with van der Waals surface area (Å²) in [5.41, 5.74) is 4.22. The van der Waals surface area contributed by atoms with Gasteiger partial charge in [-0.2, -0.15) is 0 Å². The summed E-state index contributed by atoms with van der Waals surface area (Å²) in [5.74, 6) is -3.19. The van der Waals surface area contributed by atoms with E-state index in [4.69, 9.17) is 9.47 Å². The van der Waals surface area contributed by atoms with Gasteiger partial charge in [-0.3, -0.25) is 9.59 Å². The highest BCUT2D eigenvalue weighted by Crippen LogP contribution is 2.44. The van der Waals surface area contributed by atoms with Crippen LogP contribution in [0.4, 0.5) is 4.79 Å². The molecule has 1 aliphatic carbocycles. The monoisotopic (exact) mass is 645 g/mol. The quantitative estimate of drug-likeness (QED) is 0.188. The van der Waals surface area contributed by atoms with Crippen LogP contribution < -0.4 is 16.0 Å². The molecule has 250 valence electrons. The van der Waals surface area contributed by atoms with Crippen molar-refractivity contribution in [3.63, 3.8) is 0 Å². The summed E-state index contributed by atoms with van der Waals surface area (Å²) in [5, 5.41) is 27.1. The smallest absolute Gasteiger partial charge is 0.407 e. The lowest BCUT2D eigenvalue weighted by Gasteiger charge is -2.31. The molecule has 0 radical (unpaired) electrons. The van der Waals surface area contributed by atoms with E-state index in [1.165, 1.54) is 6.92 Å². The van der Waals surface area contributed by atoms with Crippen LogP contribution in [0.1, 0.15) is 57.2 Å². The molecule has 4 rings (SSSR count). The SMILES string of the molecule is C[C@@H](O)[C@H](NC(=O)[C@H](Cc1ccccc1)NC(=O)[C@@H](NC(=O)OCC1c2ccccc2-c2ccccc21)[C@@H](C)OC(C)(C)C)C(=O)O. The molecule has 0 aromatic heterocycles. The van der Waals surface area contributed by atoms with Crippen LogP contribution in [-0.4, -0.2) is 76.6 Å². The summed E-state index contributed by atoms with van der Waals surface area (Å²) in [7, 11) is 0. The molecule has 1 aliphatic rings. The number of fused-ring (bicyclic) bond motifs is 3. The molecule has 11 nitrogen and oxygen atoms in total. The lowest BCUT2D eigenvalue weighted by Crippen LogP contribution is -2.60. The first-order valence-corrected chi connectivity index (χ1v) is 15.6. The summed E-state index contributed by atoms with van der Waals surface area (Å²) in [6.45, 7) is 8.30. The molecule has 3 aromatic rings. The number of rotatable bonds is 13. The predicted molar refractivity (Wildman–Crippen MR) is 176 cm³/mol. The first kappa shape index (κ1) is 35.1. The Morgan fingerprint density at radius 3 is 1.85 bits per heavy atom. The Balaban J connectivity index is 1.53. The fraction of sp³-hybridized carbons (Fsp3) is 0.389. The van der Waals surface area contributed by atoms with E-state index in [-0.39, 0.29) is 18.9 Å². The van der Waals surface area contributed by atoms with Crippen LogP contribution in [0.3, 0.4) is 0 Å². The minimum absolute atomic E-state index is 0.0107. The van der Waals surface area contributed by atoms with Crippen molar-refractivity contribution in [1.29, 1.82) is 0 Å². The van der Waals surface area contributed by atoms with E-state index in [9.17, 15) is 29.4 Å². The van der Waals surface area contributed by atoms with Crippen LogP contribution in [0.2, 0.25) is 0 Å². The number of ether oxygens (including phenoxy) is 2. The van der Waals surface area contributed by atoms with Crippen LogP contribution in [0, 0.1) is 0 Å². The average molecular weight is 646 g/mol. The number of hydrogen-bond acceptors (Lipinski definition) is 7. The number of alkyl carbamates (subject to hydrolysis) is 1. The number of aliphatic carboxylic acids is 1. The van der Waals surface area contributed by atoms with E-state index in [0.29, 0.717) is 5.56 Å². The Hall–Kier alpha value is -4.74. The minimum atomic E-state index is -1.60. The van der Waals surface area contributed by atoms with E-state index in [1.54, 1.807) is 58.0 Å². The van der Waals surface area contributed by atoms with Crippen molar-refractivity contribution in [3.05, 3.63) is 95.6 Å². The number of carbonyl (C=O) groups is 4. The van der Waals surface area contributed by atoms with Crippen LogP contribution in [0.15, 0.2) is 78.9 Å². The van der Waals surface area contributed by atoms with Gasteiger partial charge in [-0.25, -0.2) is 9.59 Å². The van der Waals surface area contributed by atoms with Gasteiger partial charge in [-0.05, 0) is 62.4 Å². The minimum Gasteiger partial charge on any atom is -0.480 e. The van der Waals surface area contributed by atoms with Crippen molar-refractivity contribution in [2.24, 2.45) is 0 Å². The molecule has 5 atom stereocenters. The maximum atomic E-state index is 13.8. The number of nitrogens with one attached hydrogen (secondary N) is 3. The Morgan fingerprint density at radius 1 is 0.766 bits per heavy atom. The van der Waals surface area contributed by atoms with Gasteiger partial charge in [0, 0.05) is 12.3 Å². The van der Waals surface area contributed by atoms with Crippen molar-refractivity contribution in [2.45, 2.75) is 82.9 Å². The molecule has 47 heavy (non-hydrogen) atoms. The van der Waals surface area contributed by atoms with Crippen molar-refractivity contribution < 1.29 is 38.9 Å². The number of aliphatic hydroxyl groups excluding tert-OH is 1. The first-order chi connectivity index (χ1) is 22.2. The molecule has 0 saturated carbocycles. The van der Waals surface area contributed by atoms with Crippen molar-refractivity contribution >= 4 is 23.9 Å². The molecule has 0 bridgehead atoms. The highest BCUT2D eigenvalue weighted by molar-refractivity contribution is 5.93. The normalized spacial score (nSPS) is 15.6. The molecule has 5 N–H and O–H groups in total. The first-order valence-electron chi connectivity index (χ1n) is 15.6. The van der Waals surface area contributed by atoms with Gasteiger partial charge in [0.15, 0.2) is 6.04 Å². The Morgan fingerprint density at radius 2 is 1.32 bits per heavy atom. The molecular weight excluding hydrogens is 602 g/mol. The number of carboxylic acids is 1. The molecule has 0 unspecified atom stereocenters. The van der Waals surface area contributed by atoms with Gasteiger partial charge in [0.1, 0.15) is 18.7 Å². The van der Waals surface area contributed by atoms with Gasteiger partial charge < -0.3 is 35.6 Å². The topological polar surface area (TPSA) is 163 Å². The average Bonchev–Trinajstić information content (AvgIpc) is 3.33. The lowest BCUT2D eigenvalue weighted by molar-refractivity contribution is -0.145. The predicted octanol–water partition coefficient (Wildman–Crippen LogP) is 3.78. The maximum Gasteiger partial charge on any atom is 0.407 e. The van der Waals surface area contributed by atoms with E-state index in [1.807, 2.05) is 48.5 Å². The van der Waals surface area contributed by atoms with Crippen LogP contribution in [0.25, 0.3) is 11.1 Å². The molecule has 0 heterocycles. The summed E-state index contributed by atoms with van der Waals surface area (Å²) in [4.78, 5) is 52.2. The molecule has 3 aromatic carbocycles. The second-order valence-electron chi connectivity index (χ2n) is 12.7. The molecule has 3 amide bonds. The zero-order valence-electron chi connectivity index (χ0n) is 27.2.